The predicted octanol–water partition coefficient (Wildman–Crippen LogP) is 0.964. The Kier molecular flexibility index (Phi) is 3.27. The van der Waals surface area contributed by atoms with Crippen LogP contribution in [-0.2, 0) is 4.79 Å². The zero-order chi connectivity index (χ0) is 13.1. The first-order valence-electron chi connectivity index (χ1n) is 5.68. The molecule has 0 bridgehead atoms. The van der Waals surface area contributed by atoms with E-state index in [1.165, 1.54) is 11.0 Å². The number of aromatic nitrogens is 3. The number of nitrogens with two attached hydrogens (primary N) is 2. The smallest absolute Gasteiger partial charge is 0.242 e. The van der Waals surface area contributed by atoms with E-state index < -0.39 is 11.9 Å². The zero-order valence-corrected chi connectivity index (χ0v) is 10.1. The summed E-state index contributed by atoms with van der Waals surface area (Å²) >= 11 is 0. The topological polar surface area (TPSA) is 99.8 Å². The van der Waals surface area contributed by atoms with Gasteiger partial charge in [0, 0.05) is 11.3 Å². The van der Waals surface area contributed by atoms with Crippen molar-refractivity contribution in [3.05, 3.63) is 30.6 Å². The molecule has 0 aliphatic heterocycles. The monoisotopic (exact) mass is 245 g/mol. The van der Waals surface area contributed by atoms with Crippen LogP contribution >= 0.6 is 0 Å². The number of carbonyl (C=O) groups excluding carboxylic acids is 1. The Morgan fingerprint density at radius 1 is 1.50 bits per heavy atom. The maximum Gasteiger partial charge on any atom is 0.242 e. The number of hydrogen-bond donors (Lipinski definition) is 2. The van der Waals surface area contributed by atoms with Crippen LogP contribution in [0.2, 0.25) is 0 Å². The lowest BCUT2D eigenvalue weighted by molar-refractivity contribution is -0.121. The average molecular weight is 245 g/mol. The van der Waals surface area contributed by atoms with Crippen molar-refractivity contribution in [2.24, 2.45) is 5.73 Å². The second-order valence-corrected chi connectivity index (χ2v) is 4.00. The fourth-order valence-electron chi connectivity index (χ4n) is 1.75. The van der Waals surface area contributed by atoms with Gasteiger partial charge in [-0.25, -0.2) is 9.67 Å². The molecule has 0 aliphatic carbocycles. The summed E-state index contributed by atoms with van der Waals surface area (Å²) in [5.74, 6) is 0.114. The van der Waals surface area contributed by atoms with Crippen molar-refractivity contribution in [2.75, 3.05) is 5.73 Å². The minimum absolute atomic E-state index is 0.415. The van der Waals surface area contributed by atoms with E-state index in [0.717, 1.165) is 5.56 Å². The number of rotatable bonds is 4. The molecule has 18 heavy (non-hydrogen) atoms. The van der Waals surface area contributed by atoms with E-state index in [0.29, 0.717) is 17.9 Å². The van der Waals surface area contributed by atoms with Crippen molar-refractivity contribution >= 4 is 11.6 Å². The van der Waals surface area contributed by atoms with Crippen molar-refractivity contribution in [3.8, 4) is 11.4 Å². The van der Waals surface area contributed by atoms with Gasteiger partial charge in [0.2, 0.25) is 5.91 Å². The molecule has 0 radical (unpaired) electrons. The molecular weight excluding hydrogens is 230 g/mol. The lowest BCUT2D eigenvalue weighted by Gasteiger charge is -2.09. The molecule has 1 atom stereocenters. The quantitative estimate of drug-likeness (QED) is 0.783. The van der Waals surface area contributed by atoms with Crippen LogP contribution in [0.5, 0.6) is 0 Å². The maximum atomic E-state index is 11.2. The molecule has 1 heterocycles. The Morgan fingerprint density at radius 3 is 2.89 bits per heavy atom. The predicted molar refractivity (Wildman–Crippen MR) is 68.4 cm³/mol. The highest BCUT2D eigenvalue weighted by molar-refractivity contribution is 5.78. The van der Waals surface area contributed by atoms with Crippen LogP contribution in [0.3, 0.4) is 0 Å². The van der Waals surface area contributed by atoms with E-state index in [1.54, 1.807) is 12.1 Å². The lowest BCUT2D eigenvalue weighted by atomic mass is 10.2. The van der Waals surface area contributed by atoms with Crippen LogP contribution in [-0.4, -0.2) is 20.7 Å². The highest BCUT2D eigenvalue weighted by Gasteiger charge is 2.17. The summed E-state index contributed by atoms with van der Waals surface area (Å²) in [5.41, 5.74) is 12.5. The molecular formula is C12H15N5O. The van der Waals surface area contributed by atoms with Crippen molar-refractivity contribution in [2.45, 2.75) is 19.4 Å². The third kappa shape index (κ3) is 2.32. The van der Waals surface area contributed by atoms with Gasteiger partial charge in [-0.1, -0.05) is 19.1 Å². The summed E-state index contributed by atoms with van der Waals surface area (Å²) in [6, 6.07) is 6.80. The molecule has 94 valence electrons. The Morgan fingerprint density at radius 2 is 2.28 bits per heavy atom. The number of benzene rings is 1. The molecule has 0 spiro atoms. The highest BCUT2D eigenvalue weighted by Crippen LogP contribution is 2.18. The van der Waals surface area contributed by atoms with Gasteiger partial charge in [0.1, 0.15) is 12.4 Å². The normalized spacial score (nSPS) is 12.3. The first kappa shape index (κ1) is 12.1. The van der Waals surface area contributed by atoms with Crippen LogP contribution in [0.15, 0.2) is 30.6 Å². The Hall–Kier alpha value is -2.37. The number of hydrogen-bond acceptors (Lipinski definition) is 4. The van der Waals surface area contributed by atoms with E-state index in [9.17, 15) is 4.79 Å². The molecule has 6 nitrogen and oxygen atoms in total. The molecule has 1 aromatic heterocycles. The maximum absolute atomic E-state index is 11.2. The fourth-order valence-corrected chi connectivity index (χ4v) is 1.75. The molecule has 0 saturated heterocycles. The van der Waals surface area contributed by atoms with Gasteiger partial charge in [-0.15, -0.1) is 0 Å². The van der Waals surface area contributed by atoms with Crippen LogP contribution < -0.4 is 11.5 Å². The molecule has 0 fully saturated rings. The van der Waals surface area contributed by atoms with Crippen molar-refractivity contribution in [1.29, 1.82) is 0 Å². The summed E-state index contributed by atoms with van der Waals surface area (Å²) < 4.78 is 1.49. The van der Waals surface area contributed by atoms with Gasteiger partial charge >= 0.3 is 0 Å². The van der Waals surface area contributed by atoms with Gasteiger partial charge in [0.25, 0.3) is 0 Å². The largest absolute Gasteiger partial charge is 0.399 e. The van der Waals surface area contributed by atoms with Crippen molar-refractivity contribution in [3.63, 3.8) is 0 Å². The summed E-state index contributed by atoms with van der Waals surface area (Å²) in [6.07, 6.45) is 2.09. The number of amides is 1. The number of nitrogens with zero attached hydrogens (tertiary/aromatic N) is 3. The lowest BCUT2D eigenvalue weighted by Crippen LogP contribution is -2.26. The SMILES string of the molecule is CCC(C(N)=O)n1cnc(-c2cccc(N)c2)n1. The van der Waals surface area contributed by atoms with Gasteiger partial charge in [-0.3, -0.25) is 4.79 Å². The van der Waals surface area contributed by atoms with E-state index in [4.69, 9.17) is 11.5 Å². The zero-order valence-electron chi connectivity index (χ0n) is 10.1. The standard InChI is InChI=1S/C12H15N5O/c1-2-10(11(14)18)17-7-15-12(16-17)8-4-3-5-9(13)6-8/h3-7,10H,2,13H2,1H3,(H2,14,18). The number of nitrogen functional groups attached to an aromatic ring is 1. The van der Waals surface area contributed by atoms with E-state index >= 15 is 0 Å². The highest BCUT2D eigenvalue weighted by atomic mass is 16.1. The van der Waals surface area contributed by atoms with Gasteiger partial charge in [0.15, 0.2) is 5.82 Å². The van der Waals surface area contributed by atoms with Gasteiger partial charge in [-0.2, -0.15) is 5.10 Å². The molecule has 2 aromatic rings. The second kappa shape index (κ2) is 4.87. The molecule has 2 rings (SSSR count). The van der Waals surface area contributed by atoms with Gasteiger partial charge in [-0.05, 0) is 18.6 Å². The van der Waals surface area contributed by atoms with E-state index in [2.05, 4.69) is 10.1 Å². The average Bonchev–Trinajstić information content (AvgIpc) is 2.79. The molecule has 0 saturated carbocycles. The molecule has 1 aromatic carbocycles. The molecule has 1 unspecified atom stereocenters. The third-order valence-corrected chi connectivity index (χ3v) is 2.69. The minimum atomic E-state index is -0.465. The van der Waals surface area contributed by atoms with Gasteiger partial charge in [0.05, 0.1) is 0 Å². The minimum Gasteiger partial charge on any atom is -0.399 e. The number of anilines is 1. The summed E-state index contributed by atoms with van der Waals surface area (Å²) in [5, 5.41) is 4.26. The first-order valence-corrected chi connectivity index (χ1v) is 5.68. The first-order chi connectivity index (χ1) is 8.61. The summed E-state index contributed by atoms with van der Waals surface area (Å²) in [7, 11) is 0. The number of carbonyl (C=O) groups is 1. The number of primary amides is 1. The molecule has 4 N–H and O–H groups in total. The van der Waals surface area contributed by atoms with Crippen molar-refractivity contribution in [1.82, 2.24) is 14.8 Å². The second-order valence-electron chi connectivity index (χ2n) is 4.00. The van der Waals surface area contributed by atoms with E-state index in [-0.39, 0.29) is 0 Å². The molecule has 1 amide bonds. The van der Waals surface area contributed by atoms with Crippen molar-refractivity contribution < 1.29 is 4.79 Å². The van der Waals surface area contributed by atoms with Gasteiger partial charge < -0.3 is 11.5 Å². The summed E-state index contributed by atoms with van der Waals surface area (Å²) in [4.78, 5) is 15.4. The Balaban J connectivity index is 2.33. The third-order valence-electron chi connectivity index (χ3n) is 2.69. The summed E-state index contributed by atoms with van der Waals surface area (Å²) in [6.45, 7) is 1.87. The van der Waals surface area contributed by atoms with E-state index in [1.807, 2.05) is 19.1 Å². The Bertz CT molecular complexity index is 563. The van der Waals surface area contributed by atoms with Crippen LogP contribution in [0.25, 0.3) is 11.4 Å². The van der Waals surface area contributed by atoms with Crippen LogP contribution in [0, 0.1) is 0 Å². The Labute approximate surface area is 105 Å². The van der Waals surface area contributed by atoms with Crippen LogP contribution in [0.1, 0.15) is 19.4 Å². The van der Waals surface area contributed by atoms with Crippen LogP contribution in [0.4, 0.5) is 5.69 Å². The fraction of sp³-hybridized carbons (Fsp3) is 0.250. The molecule has 6 heteroatoms. The molecule has 0 aliphatic rings.